The van der Waals surface area contributed by atoms with E-state index in [0.29, 0.717) is 17.1 Å². The summed E-state index contributed by atoms with van der Waals surface area (Å²) < 4.78 is 0. The fourth-order valence-corrected chi connectivity index (χ4v) is 4.87. The Hall–Kier alpha value is -2.18. The summed E-state index contributed by atoms with van der Waals surface area (Å²) in [5, 5.41) is 9.63. The summed E-state index contributed by atoms with van der Waals surface area (Å²) in [5.41, 5.74) is 1.30. The molecule has 0 radical (unpaired) electrons. The molecule has 240 valence electrons. The van der Waals surface area contributed by atoms with Crippen LogP contribution < -0.4 is 0 Å². The van der Waals surface area contributed by atoms with Crippen LogP contribution >= 0.6 is 0 Å². The Labute approximate surface area is 256 Å². The third-order valence-electron chi connectivity index (χ3n) is 7.94. The number of rotatable bonds is 1. The lowest BCUT2D eigenvalue weighted by Crippen LogP contribution is -2.46. The third kappa shape index (κ3) is 9.41. The Kier molecular flexibility index (Phi) is 12.2. The van der Waals surface area contributed by atoms with Gasteiger partial charge in [-0.15, -0.1) is 0 Å². The van der Waals surface area contributed by atoms with E-state index in [-0.39, 0.29) is 44.1 Å². The van der Waals surface area contributed by atoms with Crippen LogP contribution in [0.1, 0.15) is 125 Å². The minimum Gasteiger partial charge on any atom is -0.289 e. The predicted octanol–water partition coefficient (Wildman–Crippen LogP) is 10.0. The maximum absolute atomic E-state index is 12.9. The molecule has 0 saturated carbocycles. The van der Waals surface area contributed by atoms with E-state index in [0.717, 1.165) is 11.1 Å². The van der Waals surface area contributed by atoms with Gasteiger partial charge in [-0.3, -0.25) is 14.8 Å². The Bertz CT molecular complexity index is 1050. The fraction of sp³-hybridized carbons (Fsp3) is 0.722. The molecule has 2 rings (SSSR count). The van der Waals surface area contributed by atoms with Crippen molar-refractivity contribution in [1.82, 2.24) is 0 Å². The number of Topliss-reactive ketones (excluding diaryl/α,β-unsaturated/α-hetero) is 2. The van der Waals surface area contributed by atoms with Crippen LogP contribution in [0.2, 0.25) is 0 Å². The van der Waals surface area contributed by atoms with Crippen LogP contribution in [0.15, 0.2) is 46.6 Å². The molecule has 6 nitrogen and oxygen atoms in total. The maximum atomic E-state index is 12.9. The molecule has 0 aliphatic heterocycles. The summed E-state index contributed by atoms with van der Waals surface area (Å²) >= 11 is 0. The number of allylic oxidation sites excluding steroid dienone is 6. The molecule has 0 bridgehead atoms. The van der Waals surface area contributed by atoms with Gasteiger partial charge in [-0.1, -0.05) is 137 Å². The van der Waals surface area contributed by atoms with Crippen molar-refractivity contribution in [2.45, 2.75) is 130 Å². The highest BCUT2D eigenvalue weighted by Gasteiger charge is 2.48. The first-order valence-electron chi connectivity index (χ1n) is 14.9. The largest absolute Gasteiger partial charge is 0.289 e. The maximum Gasteiger partial charge on any atom is 0.185 e. The summed E-state index contributed by atoms with van der Waals surface area (Å²) in [4.78, 5) is 44.6. The lowest BCUT2D eigenvalue weighted by atomic mass is 9.64. The van der Waals surface area contributed by atoms with E-state index in [1.807, 2.05) is 62.3 Å². The molecule has 0 atom stereocenters. The second-order valence-electron chi connectivity index (χ2n) is 18.0. The van der Waals surface area contributed by atoms with Gasteiger partial charge in [0, 0.05) is 43.6 Å². The molecule has 1 N–H and O–H groups in total. The van der Waals surface area contributed by atoms with Crippen molar-refractivity contribution >= 4 is 11.6 Å². The normalized spacial score (nSPS) is 18.9. The topological polar surface area (TPSA) is 97.7 Å². The highest BCUT2D eigenvalue weighted by molar-refractivity contribution is 6.11. The van der Waals surface area contributed by atoms with Crippen LogP contribution in [0, 0.1) is 48.3 Å². The highest BCUT2D eigenvalue weighted by atomic mass is 17.1. The minimum absolute atomic E-state index is 0.0481. The molecule has 2 aliphatic rings. The summed E-state index contributed by atoms with van der Waals surface area (Å²) in [6.45, 7) is 37.5. The lowest BCUT2D eigenvalue weighted by molar-refractivity contribution is -0.316. The molecular weight excluding hydrogens is 528 g/mol. The zero-order valence-corrected chi connectivity index (χ0v) is 29.9. The van der Waals surface area contributed by atoms with Crippen molar-refractivity contribution in [3.63, 3.8) is 0 Å². The number of hydrogen-bond acceptors (Lipinski definition) is 6. The second-order valence-corrected chi connectivity index (χ2v) is 18.0. The van der Waals surface area contributed by atoms with Gasteiger partial charge in [-0.05, 0) is 39.2 Å². The Morgan fingerprint density at radius 3 is 1.00 bits per heavy atom. The zero-order chi connectivity index (χ0) is 34.1. The predicted molar refractivity (Wildman–Crippen MR) is 176 cm³/mol. The van der Waals surface area contributed by atoms with Gasteiger partial charge in [0.25, 0.3) is 0 Å². The van der Waals surface area contributed by atoms with Crippen LogP contribution in [-0.2, 0) is 14.5 Å². The van der Waals surface area contributed by atoms with Gasteiger partial charge in [0.1, 0.15) is 5.60 Å². The van der Waals surface area contributed by atoms with Crippen molar-refractivity contribution in [1.29, 1.82) is 0 Å². The molecular formula is C36H60O6. The number of carbonyl (C=O) groups excluding carboxylic acids is 2. The van der Waals surface area contributed by atoms with Crippen LogP contribution in [0.3, 0.4) is 0 Å². The van der Waals surface area contributed by atoms with Crippen LogP contribution in [-0.4, -0.2) is 22.4 Å². The van der Waals surface area contributed by atoms with Crippen molar-refractivity contribution < 1.29 is 19.7 Å². The van der Waals surface area contributed by atoms with Crippen LogP contribution in [0.25, 0.3) is 0 Å². The molecule has 0 amide bonds. The quantitative estimate of drug-likeness (QED) is 0.242. The van der Waals surface area contributed by atoms with E-state index in [1.54, 1.807) is 12.2 Å². The first-order chi connectivity index (χ1) is 18.4. The molecule has 0 saturated heterocycles. The molecule has 0 aromatic carbocycles. The zero-order valence-electron chi connectivity index (χ0n) is 29.9. The van der Waals surface area contributed by atoms with E-state index in [4.69, 9.17) is 14.8 Å². The number of carbonyl (C=O) groups is 2. The van der Waals surface area contributed by atoms with Gasteiger partial charge in [-0.2, -0.15) is 0 Å². The Morgan fingerprint density at radius 2 is 0.810 bits per heavy atom. The van der Waals surface area contributed by atoms with Gasteiger partial charge in [-0.25, -0.2) is 4.89 Å². The van der Waals surface area contributed by atoms with Gasteiger partial charge >= 0.3 is 0 Å². The molecule has 2 aliphatic carbocycles. The average Bonchev–Trinajstić information content (AvgIpc) is 2.76. The van der Waals surface area contributed by atoms with E-state index in [1.165, 1.54) is 0 Å². The Morgan fingerprint density at radius 1 is 0.548 bits per heavy atom. The van der Waals surface area contributed by atoms with Crippen LogP contribution in [0.4, 0.5) is 0 Å². The van der Waals surface area contributed by atoms with Gasteiger partial charge in [0.2, 0.25) is 0 Å². The van der Waals surface area contributed by atoms with Gasteiger partial charge in [0.05, 0.1) is 0 Å². The fourth-order valence-electron chi connectivity index (χ4n) is 4.87. The molecule has 0 heterocycles. The molecule has 0 aromatic rings. The molecule has 0 spiro atoms. The first-order valence-corrected chi connectivity index (χ1v) is 14.9. The summed E-state index contributed by atoms with van der Waals surface area (Å²) in [6.07, 6.45) is 7.98. The molecule has 0 unspecified atom stereocenters. The molecule has 0 fully saturated rings. The number of hydrogen-bond donors (Lipinski definition) is 1. The second kappa shape index (κ2) is 12.8. The first kappa shape index (κ1) is 39.8. The summed E-state index contributed by atoms with van der Waals surface area (Å²) in [6, 6.07) is 0. The molecule has 6 heteroatoms. The minimum atomic E-state index is -0.994. The lowest BCUT2D eigenvalue weighted by Gasteiger charge is -2.43. The highest BCUT2D eigenvalue weighted by Crippen LogP contribution is 2.47. The standard InChI is InChI=1S/C18H30O3.C18H30O.O2/c1-15(2,3)12-10-18(21-20,17(7,8)9)11-13(14(12)19)16(4,5)6;1-16(2,3)12-10-13(17(4,5)6)15(19)14(11-12)18(7,8)9;1-2/h10-11,20H,1-9H3;10-12H,1-9H3;. The van der Waals surface area contributed by atoms with Crippen molar-refractivity contribution in [3.8, 4) is 0 Å². The average molecular weight is 589 g/mol. The van der Waals surface area contributed by atoms with Gasteiger partial charge in [0.15, 0.2) is 11.6 Å². The molecule has 0 aromatic heterocycles. The smallest absolute Gasteiger partial charge is 0.185 e. The summed E-state index contributed by atoms with van der Waals surface area (Å²) in [7, 11) is 0. The van der Waals surface area contributed by atoms with E-state index in [2.05, 4.69) is 74.5 Å². The summed E-state index contributed by atoms with van der Waals surface area (Å²) in [5.74, 6) is 0.612. The molecule has 42 heavy (non-hydrogen) atoms. The monoisotopic (exact) mass is 588 g/mol. The Balaban J connectivity index is 0.000000759. The third-order valence-corrected chi connectivity index (χ3v) is 7.94. The van der Waals surface area contributed by atoms with Crippen molar-refractivity contribution in [3.05, 3.63) is 56.5 Å². The van der Waals surface area contributed by atoms with E-state index >= 15 is 0 Å². The van der Waals surface area contributed by atoms with Crippen molar-refractivity contribution in [2.24, 2.45) is 38.4 Å². The van der Waals surface area contributed by atoms with Crippen molar-refractivity contribution in [2.75, 3.05) is 0 Å². The van der Waals surface area contributed by atoms with Crippen LogP contribution in [0.5, 0.6) is 0 Å². The number of ketones is 2. The van der Waals surface area contributed by atoms with Gasteiger partial charge < -0.3 is 0 Å². The SMILES string of the molecule is CC(C)(C)C1=CC(C(C)(C)C)C=C(C(C)(C)C)C1=O.CC(C)(C)C1=CC(OO)(C(C)(C)C)C=C(C(C)(C)C)C1=O.O=O. The van der Waals surface area contributed by atoms with E-state index in [9.17, 15) is 14.8 Å². The van der Waals surface area contributed by atoms with E-state index < -0.39 is 5.60 Å².